The van der Waals surface area contributed by atoms with Gasteiger partial charge in [-0.05, 0) is 36.6 Å². The van der Waals surface area contributed by atoms with Crippen LogP contribution in [0.25, 0.3) is 32.0 Å². The Labute approximate surface area is 204 Å². The normalized spacial score (nSPS) is 16.9. The average Bonchev–Trinajstić information content (AvgIpc) is 3.49. The highest BCUT2D eigenvalue weighted by molar-refractivity contribution is 7.22. The highest BCUT2D eigenvalue weighted by Crippen LogP contribution is 2.40. The minimum Gasteiger partial charge on any atom is -0.380 e. The summed E-state index contributed by atoms with van der Waals surface area (Å²) in [6.45, 7) is 2.75. The maximum Gasteiger partial charge on any atom is 0.256 e. The first-order chi connectivity index (χ1) is 17.0. The molecule has 10 nitrogen and oxygen atoms in total. The number of carbonyl (C=O) groups excluding carboxylic acids is 1. The minimum absolute atomic E-state index is 0.196. The summed E-state index contributed by atoms with van der Waals surface area (Å²) in [6.07, 6.45) is 4.25. The van der Waals surface area contributed by atoms with Gasteiger partial charge in [0, 0.05) is 36.0 Å². The first-order valence-electron chi connectivity index (χ1n) is 11.3. The third-order valence-corrected chi connectivity index (χ3v) is 7.31. The smallest absolute Gasteiger partial charge is 0.256 e. The number of nitrogens with two attached hydrogens (primary N) is 1. The van der Waals surface area contributed by atoms with E-state index < -0.39 is 5.60 Å². The molecule has 35 heavy (non-hydrogen) atoms. The van der Waals surface area contributed by atoms with Crippen LogP contribution in [0.15, 0.2) is 42.7 Å². The van der Waals surface area contributed by atoms with Crippen molar-refractivity contribution in [1.82, 2.24) is 19.9 Å². The monoisotopic (exact) mass is 489 g/mol. The number of ether oxygens (including phenoxy) is 1. The SMILES string of the molecule is Nc1ncc(-c2nc(N3CCOCC3)c3sc(-c4cccc(NC(=O)C5(O)CC5)c4)cc3n2)cn1. The maximum absolute atomic E-state index is 12.3. The summed E-state index contributed by atoms with van der Waals surface area (Å²) in [4.78, 5) is 33.4. The van der Waals surface area contributed by atoms with E-state index in [1.54, 1.807) is 23.7 Å². The molecule has 1 amide bonds. The number of aliphatic hydroxyl groups is 1. The molecule has 1 aromatic carbocycles. The molecule has 1 aliphatic carbocycles. The van der Waals surface area contributed by atoms with Crippen molar-refractivity contribution in [2.75, 3.05) is 42.3 Å². The molecule has 4 N–H and O–H groups in total. The molecule has 0 unspecified atom stereocenters. The van der Waals surface area contributed by atoms with E-state index in [-0.39, 0.29) is 11.9 Å². The highest BCUT2D eigenvalue weighted by atomic mass is 32.1. The van der Waals surface area contributed by atoms with Crippen LogP contribution in [0, 0.1) is 0 Å². The van der Waals surface area contributed by atoms with E-state index in [9.17, 15) is 9.90 Å². The Morgan fingerprint density at radius 2 is 1.89 bits per heavy atom. The van der Waals surface area contributed by atoms with E-state index in [0.29, 0.717) is 43.1 Å². The summed E-state index contributed by atoms with van der Waals surface area (Å²) < 4.78 is 6.52. The van der Waals surface area contributed by atoms with Crippen molar-refractivity contribution in [3.63, 3.8) is 0 Å². The van der Waals surface area contributed by atoms with E-state index in [0.717, 1.165) is 39.6 Å². The topological polar surface area (TPSA) is 139 Å². The van der Waals surface area contributed by atoms with Crippen LogP contribution < -0.4 is 16.0 Å². The van der Waals surface area contributed by atoms with E-state index in [1.807, 2.05) is 30.3 Å². The van der Waals surface area contributed by atoms with Gasteiger partial charge >= 0.3 is 0 Å². The standard InChI is InChI=1S/C24H23N7O3S/c25-23-26-12-15(13-27-23)20-29-17-11-18(35-19(17)21(30-20)31-6-8-34-9-7-31)14-2-1-3-16(10-14)28-22(32)24(33)4-5-24/h1-3,10-13,33H,4-9H2,(H,28,32)(H2,25,26,27). The van der Waals surface area contributed by atoms with Gasteiger partial charge in [-0.3, -0.25) is 4.79 Å². The lowest BCUT2D eigenvalue weighted by Crippen LogP contribution is -2.36. The number of hydrogen-bond donors (Lipinski definition) is 3. The number of carbonyl (C=O) groups is 1. The van der Waals surface area contributed by atoms with Crippen LogP contribution in [0.5, 0.6) is 0 Å². The van der Waals surface area contributed by atoms with Gasteiger partial charge in [0.25, 0.3) is 5.91 Å². The van der Waals surface area contributed by atoms with Crippen LogP contribution in [0.2, 0.25) is 0 Å². The number of morpholine rings is 1. The molecule has 3 aromatic heterocycles. The predicted molar refractivity (Wildman–Crippen MR) is 134 cm³/mol. The largest absolute Gasteiger partial charge is 0.380 e. The van der Waals surface area contributed by atoms with Gasteiger partial charge in [-0.25, -0.2) is 19.9 Å². The zero-order chi connectivity index (χ0) is 24.0. The van der Waals surface area contributed by atoms with Crippen molar-refractivity contribution in [2.24, 2.45) is 0 Å². The average molecular weight is 490 g/mol. The summed E-state index contributed by atoms with van der Waals surface area (Å²) in [6, 6.07) is 9.63. The van der Waals surface area contributed by atoms with Crippen molar-refractivity contribution in [2.45, 2.75) is 18.4 Å². The van der Waals surface area contributed by atoms with Crippen molar-refractivity contribution in [1.29, 1.82) is 0 Å². The number of thiophene rings is 1. The molecule has 0 radical (unpaired) electrons. The lowest BCUT2D eigenvalue weighted by molar-refractivity contribution is -0.125. The van der Waals surface area contributed by atoms with Gasteiger partial charge in [0.15, 0.2) is 11.6 Å². The molecular weight excluding hydrogens is 466 g/mol. The number of hydrogen-bond acceptors (Lipinski definition) is 10. The molecule has 0 spiro atoms. The van der Waals surface area contributed by atoms with Crippen molar-refractivity contribution < 1.29 is 14.6 Å². The molecule has 0 atom stereocenters. The number of nitrogen functional groups attached to an aromatic ring is 1. The van der Waals surface area contributed by atoms with Crippen LogP contribution in [0.1, 0.15) is 12.8 Å². The fraction of sp³-hybridized carbons (Fsp3) is 0.292. The molecule has 178 valence electrons. The lowest BCUT2D eigenvalue weighted by Gasteiger charge is -2.28. The zero-order valence-electron chi connectivity index (χ0n) is 18.8. The van der Waals surface area contributed by atoms with Crippen molar-refractivity contribution in [3.05, 3.63) is 42.7 Å². The summed E-state index contributed by atoms with van der Waals surface area (Å²) in [5, 5.41) is 12.9. The molecule has 11 heteroatoms. The Morgan fingerprint density at radius 1 is 1.11 bits per heavy atom. The molecule has 6 rings (SSSR count). The molecule has 2 fully saturated rings. The Balaban J connectivity index is 1.41. The number of nitrogens with one attached hydrogen (secondary N) is 1. The zero-order valence-corrected chi connectivity index (χ0v) is 19.6. The van der Waals surface area contributed by atoms with Gasteiger partial charge in [0.1, 0.15) is 5.60 Å². The maximum atomic E-state index is 12.3. The number of amides is 1. The third kappa shape index (κ3) is 4.29. The van der Waals surface area contributed by atoms with Crippen molar-refractivity contribution >= 4 is 44.9 Å². The fourth-order valence-corrected chi connectivity index (χ4v) is 5.08. The van der Waals surface area contributed by atoms with Gasteiger partial charge < -0.3 is 25.8 Å². The number of fused-ring (bicyclic) bond motifs is 1. The number of anilines is 3. The van der Waals surface area contributed by atoms with Crippen LogP contribution in [0.4, 0.5) is 17.5 Å². The fourth-order valence-electron chi connectivity index (χ4n) is 3.97. The second-order valence-electron chi connectivity index (χ2n) is 8.69. The number of aromatic nitrogens is 4. The number of rotatable bonds is 5. The van der Waals surface area contributed by atoms with Gasteiger partial charge in [-0.15, -0.1) is 11.3 Å². The van der Waals surface area contributed by atoms with Gasteiger partial charge in [0.05, 0.1) is 29.0 Å². The second kappa shape index (κ2) is 8.52. The molecule has 1 saturated heterocycles. The Morgan fingerprint density at radius 3 is 2.63 bits per heavy atom. The lowest BCUT2D eigenvalue weighted by atomic mass is 10.1. The predicted octanol–water partition coefficient (Wildman–Crippen LogP) is 2.70. The molecule has 0 bridgehead atoms. The number of benzene rings is 1. The third-order valence-electron chi connectivity index (χ3n) is 6.15. The van der Waals surface area contributed by atoms with Gasteiger partial charge in [-0.2, -0.15) is 0 Å². The van der Waals surface area contributed by atoms with Crippen LogP contribution in [0.3, 0.4) is 0 Å². The quantitative estimate of drug-likeness (QED) is 0.386. The van der Waals surface area contributed by atoms with Crippen LogP contribution in [-0.2, 0) is 9.53 Å². The molecule has 2 aliphatic rings. The molecule has 4 aromatic rings. The van der Waals surface area contributed by atoms with Crippen LogP contribution >= 0.6 is 11.3 Å². The van der Waals surface area contributed by atoms with E-state index in [4.69, 9.17) is 20.4 Å². The molecule has 4 heterocycles. The second-order valence-corrected chi connectivity index (χ2v) is 9.74. The van der Waals surface area contributed by atoms with Gasteiger partial charge in [0.2, 0.25) is 5.95 Å². The van der Waals surface area contributed by atoms with Gasteiger partial charge in [-0.1, -0.05) is 12.1 Å². The first-order valence-corrected chi connectivity index (χ1v) is 12.2. The Hall–Kier alpha value is -3.67. The van der Waals surface area contributed by atoms with E-state index in [2.05, 4.69) is 20.2 Å². The molecular formula is C24H23N7O3S. The molecule has 1 aliphatic heterocycles. The Bertz CT molecular complexity index is 1410. The summed E-state index contributed by atoms with van der Waals surface area (Å²) in [5.41, 5.74) is 7.52. The summed E-state index contributed by atoms with van der Waals surface area (Å²) in [7, 11) is 0. The first kappa shape index (κ1) is 21.8. The van der Waals surface area contributed by atoms with Crippen molar-refractivity contribution in [3.8, 4) is 21.8 Å². The Kier molecular flexibility index (Phi) is 5.32. The highest BCUT2D eigenvalue weighted by Gasteiger charge is 2.48. The van der Waals surface area contributed by atoms with E-state index >= 15 is 0 Å². The summed E-state index contributed by atoms with van der Waals surface area (Å²) in [5.74, 6) is 1.22. The van der Waals surface area contributed by atoms with E-state index in [1.165, 1.54) is 0 Å². The minimum atomic E-state index is -1.22. The van der Waals surface area contributed by atoms with Crippen LogP contribution in [-0.4, -0.2) is 62.9 Å². The molecule has 1 saturated carbocycles. The number of nitrogens with zero attached hydrogens (tertiary/aromatic N) is 5. The summed E-state index contributed by atoms with van der Waals surface area (Å²) >= 11 is 1.60.